The molecule has 3 aromatic heterocycles. The van der Waals surface area contributed by atoms with Crippen molar-refractivity contribution in [2.75, 3.05) is 16.3 Å². The summed E-state index contributed by atoms with van der Waals surface area (Å²) in [7, 11) is -3.59. The van der Waals surface area contributed by atoms with Gasteiger partial charge in [0.05, 0.1) is 23.2 Å². The number of nitrogens with one attached hydrogen (secondary N) is 2. The van der Waals surface area contributed by atoms with E-state index >= 15 is 0 Å². The van der Waals surface area contributed by atoms with Crippen molar-refractivity contribution < 1.29 is 17.2 Å². The van der Waals surface area contributed by atoms with Gasteiger partial charge in [-0.1, -0.05) is 6.07 Å². The van der Waals surface area contributed by atoms with Crippen molar-refractivity contribution in [3.63, 3.8) is 0 Å². The predicted molar refractivity (Wildman–Crippen MR) is 141 cm³/mol. The number of sulfonamides is 1. The molecule has 4 aromatic rings. The van der Waals surface area contributed by atoms with Gasteiger partial charge in [0, 0.05) is 23.5 Å². The van der Waals surface area contributed by atoms with E-state index in [0.29, 0.717) is 16.8 Å². The lowest BCUT2D eigenvalue weighted by molar-refractivity contribution is 0.553. The number of aromatic nitrogens is 2. The van der Waals surface area contributed by atoms with Gasteiger partial charge in [0.15, 0.2) is 5.58 Å². The second kappa shape index (κ2) is 8.84. The van der Waals surface area contributed by atoms with Gasteiger partial charge in [-0.05, 0) is 69.0 Å². The number of pyridine rings is 2. The van der Waals surface area contributed by atoms with Crippen molar-refractivity contribution >= 4 is 38.2 Å². The molecule has 0 spiro atoms. The molecule has 9 nitrogen and oxygen atoms in total. The highest BCUT2D eigenvalue weighted by atomic mass is 32.2. The molecule has 11 heteroatoms. The Morgan fingerprint density at radius 3 is 2.49 bits per heavy atom. The van der Waals surface area contributed by atoms with Gasteiger partial charge in [-0.15, -0.1) is 0 Å². The zero-order valence-electron chi connectivity index (χ0n) is 20.7. The van der Waals surface area contributed by atoms with E-state index in [-0.39, 0.29) is 45.3 Å². The molecule has 1 aliphatic carbocycles. The molecule has 0 unspecified atom stereocenters. The Labute approximate surface area is 212 Å². The number of fused-ring (bicyclic) bond motifs is 1. The van der Waals surface area contributed by atoms with Crippen molar-refractivity contribution in [2.45, 2.75) is 39.7 Å². The quantitative estimate of drug-likeness (QED) is 0.380. The molecule has 0 atom stereocenters. The smallest absolute Gasteiger partial charge is 0.341 e. The molecule has 1 aromatic carbocycles. The van der Waals surface area contributed by atoms with Crippen LogP contribution in [0.25, 0.3) is 22.1 Å². The summed E-state index contributed by atoms with van der Waals surface area (Å²) in [4.78, 5) is 30.9. The maximum absolute atomic E-state index is 14.8. The summed E-state index contributed by atoms with van der Waals surface area (Å²) in [6.45, 7) is 5.03. The lowest BCUT2D eigenvalue weighted by Crippen LogP contribution is -2.25. The van der Waals surface area contributed by atoms with Crippen molar-refractivity contribution in [1.82, 2.24) is 9.55 Å². The van der Waals surface area contributed by atoms with Crippen LogP contribution in [0, 0.1) is 26.6 Å². The van der Waals surface area contributed by atoms with E-state index in [1.807, 2.05) is 0 Å². The van der Waals surface area contributed by atoms with E-state index in [4.69, 9.17) is 4.42 Å². The standard InChI is InChI=1S/C26H25FN4O5S/c1-13-5-8-19(18(27)11-13)29-23-14(2)26(33)36-24-21(15(3)31(17-6-7-17)25(32)22(23)24)16-9-10-28-20(12-16)30-37(4,34)35/h5,8-12,17,29H,6-7H2,1-4H3,(H,28,30). The fraction of sp³-hybridized carbons (Fsp3) is 0.269. The fourth-order valence-corrected chi connectivity index (χ4v) is 5.01. The Kier molecular flexibility index (Phi) is 5.90. The minimum Gasteiger partial charge on any atom is -0.421 e. The molecule has 1 aliphatic rings. The molecule has 5 rings (SSSR count). The summed E-state index contributed by atoms with van der Waals surface area (Å²) in [5.41, 5.74) is 1.64. The molecule has 3 heterocycles. The third-order valence-corrected chi connectivity index (χ3v) is 6.95. The Bertz CT molecular complexity index is 1810. The summed E-state index contributed by atoms with van der Waals surface area (Å²) in [5.74, 6) is -0.451. The maximum atomic E-state index is 14.8. The molecule has 192 valence electrons. The zero-order valence-corrected chi connectivity index (χ0v) is 21.5. The minimum atomic E-state index is -3.59. The van der Waals surface area contributed by atoms with Crippen molar-refractivity contribution in [1.29, 1.82) is 0 Å². The van der Waals surface area contributed by atoms with E-state index in [0.717, 1.165) is 24.7 Å². The lowest BCUT2D eigenvalue weighted by atomic mass is 10.0. The van der Waals surface area contributed by atoms with Gasteiger partial charge < -0.3 is 14.3 Å². The number of hydrogen-bond acceptors (Lipinski definition) is 7. The molecule has 0 bridgehead atoms. The Morgan fingerprint density at radius 2 is 1.84 bits per heavy atom. The Balaban J connectivity index is 1.84. The molecule has 0 amide bonds. The van der Waals surface area contributed by atoms with E-state index in [1.54, 1.807) is 36.6 Å². The van der Waals surface area contributed by atoms with Gasteiger partial charge in [0.2, 0.25) is 10.0 Å². The van der Waals surface area contributed by atoms with Crippen LogP contribution in [-0.2, 0) is 10.0 Å². The van der Waals surface area contributed by atoms with Crippen LogP contribution in [0.1, 0.15) is 35.7 Å². The van der Waals surface area contributed by atoms with Crippen LogP contribution in [0.15, 0.2) is 50.5 Å². The van der Waals surface area contributed by atoms with Crippen LogP contribution in [-0.4, -0.2) is 24.2 Å². The number of rotatable bonds is 6. The summed E-state index contributed by atoms with van der Waals surface area (Å²) in [6, 6.07) is 7.75. The molecular weight excluding hydrogens is 499 g/mol. The number of anilines is 3. The van der Waals surface area contributed by atoms with Crippen LogP contribution < -0.4 is 21.2 Å². The maximum Gasteiger partial charge on any atom is 0.341 e. The SMILES string of the molecule is Cc1ccc(Nc2c(C)c(=O)oc3c(-c4ccnc(NS(C)(=O)=O)c4)c(C)n(C4CC4)c(=O)c23)c(F)c1. The fourth-order valence-electron chi connectivity index (χ4n) is 4.52. The van der Waals surface area contributed by atoms with Gasteiger partial charge in [-0.25, -0.2) is 22.6 Å². The largest absolute Gasteiger partial charge is 0.421 e. The molecule has 2 N–H and O–H groups in total. The van der Waals surface area contributed by atoms with Crippen molar-refractivity contribution in [2.24, 2.45) is 0 Å². The van der Waals surface area contributed by atoms with Gasteiger partial charge >= 0.3 is 5.63 Å². The molecule has 0 aliphatic heterocycles. The third-order valence-electron chi connectivity index (χ3n) is 6.37. The van der Waals surface area contributed by atoms with Crippen LogP contribution >= 0.6 is 0 Å². The topological polar surface area (TPSA) is 123 Å². The van der Waals surface area contributed by atoms with Gasteiger partial charge in [0.25, 0.3) is 5.56 Å². The lowest BCUT2D eigenvalue weighted by Gasteiger charge is -2.19. The zero-order chi connectivity index (χ0) is 26.6. The van der Waals surface area contributed by atoms with E-state index < -0.39 is 21.5 Å². The van der Waals surface area contributed by atoms with Crippen LogP contribution in [0.3, 0.4) is 0 Å². The first-order valence-corrected chi connectivity index (χ1v) is 13.5. The van der Waals surface area contributed by atoms with E-state index in [2.05, 4.69) is 15.0 Å². The summed E-state index contributed by atoms with van der Waals surface area (Å²) in [6.07, 6.45) is 4.06. The van der Waals surface area contributed by atoms with E-state index in [9.17, 15) is 22.4 Å². The third kappa shape index (κ3) is 4.62. The van der Waals surface area contributed by atoms with Gasteiger partial charge in [0.1, 0.15) is 17.0 Å². The highest BCUT2D eigenvalue weighted by Gasteiger charge is 2.31. The molecule has 0 saturated heterocycles. The molecule has 1 saturated carbocycles. The predicted octanol–water partition coefficient (Wildman–Crippen LogP) is 4.53. The summed E-state index contributed by atoms with van der Waals surface area (Å²) >= 11 is 0. The molecule has 1 fully saturated rings. The van der Waals surface area contributed by atoms with Crippen LogP contribution in [0.2, 0.25) is 0 Å². The second-order valence-corrected chi connectivity index (χ2v) is 11.1. The van der Waals surface area contributed by atoms with Crippen molar-refractivity contribution in [3.05, 3.63) is 79.9 Å². The second-order valence-electron chi connectivity index (χ2n) is 9.37. The van der Waals surface area contributed by atoms with Gasteiger partial charge in [-0.2, -0.15) is 0 Å². The monoisotopic (exact) mass is 524 g/mol. The molecule has 37 heavy (non-hydrogen) atoms. The van der Waals surface area contributed by atoms with Crippen molar-refractivity contribution in [3.8, 4) is 11.1 Å². The first-order chi connectivity index (χ1) is 17.4. The average molecular weight is 525 g/mol. The summed E-state index contributed by atoms with van der Waals surface area (Å²) in [5, 5.41) is 3.08. The highest BCUT2D eigenvalue weighted by Crippen LogP contribution is 2.41. The Morgan fingerprint density at radius 1 is 1.11 bits per heavy atom. The first-order valence-electron chi connectivity index (χ1n) is 11.6. The number of hydrogen-bond donors (Lipinski definition) is 2. The molecule has 0 radical (unpaired) electrons. The number of halogens is 1. The summed E-state index contributed by atoms with van der Waals surface area (Å²) < 4.78 is 48.0. The molecular formula is C26H25FN4O5S. The van der Waals surface area contributed by atoms with Gasteiger partial charge in [-0.3, -0.25) is 9.52 Å². The minimum absolute atomic E-state index is 0.0257. The number of aryl methyl sites for hydroxylation is 1. The number of benzene rings is 1. The first kappa shape index (κ1) is 24.7. The van der Waals surface area contributed by atoms with Crippen LogP contribution in [0.4, 0.5) is 21.6 Å². The highest BCUT2D eigenvalue weighted by molar-refractivity contribution is 7.92. The Hall–Kier alpha value is -3.99. The number of nitrogens with zero attached hydrogens (tertiary/aromatic N) is 2. The normalized spacial score (nSPS) is 13.6. The van der Waals surface area contributed by atoms with Crippen LogP contribution in [0.5, 0.6) is 0 Å². The average Bonchev–Trinajstić information content (AvgIpc) is 3.63. The van der Waals surface area contributed by atoms with E-state index in [1.165, 1.54) is 25.3 Å².